The fourth-order valence-corrected chi connectivity index (χ4v) is 4.02. The molecule has 126 valence electrons. The maximum Gasteiger partial charge on any atom is 0.0543 e. The van der Waals surface area contributed by atoms with E-state index in [2.05, 4.69) is 96.4 Å². The first-order chi connectivity index (χ1) is 12.8. The highest BCUT2D eigenvalue weighted by Gasteiger charge is 2.18. The van der Waals surface area contributed by atoms with Gasteiger partial charge in [-0.25, -0.2) is 0 Å². The number of fused-ring (bicyclic) bond motifs is 3. The third kappa shape index (κ3) is 2.40. The van der Waals surface area contributed by atoms with Gasteiger partial charge >= 0.3 is 0 Å². The van der Waals surface area contributed by atoms with Gasteiger partial charge in [-0.05, 0) is 60.7 Å². The topological polar surface area (TPSA) is 4.93 Å². The number of nitrogens with zero attached hydrogens (tertiary/aromatic N) is 1. The summed E-state index contributed by atoms with van der Waals surface area (Å²) in [4.78, 5) is 0. The van der Waals surface area contributed by atoms with Crippen LogP contribution in [0.2, 0.25) is 0 Å². The molecule has 1 aliphatic rings. The maximum absolute atomic E-state index is 2.42. The molecule has 0 amide bonds. The summed E-state index contributed by atoms with van der Waals surface area (Å²) < 4.78 is 2.42. The quantitative estimate of drug-likeness (QED) is 0.390. The molecular formula is C25H21N. The zero-order chi connectivity index (χ0) is 17.5. The van der Waals surface area contributed by atoms with Crippen molar-refractivity contribution in [3.8, 4) is 16.8 Å². The maximum atomic E-state index is 2.42. The van der Waals surface area contributed by atoms with Crippen molar-refractivity contribution >= 4 is 17.0 Å². The molecule has 1 heteroatoms. The molecule has 4 aromatic rings. The van der Waals surface area contributed by atoms with Crippen molar-refractivity contribution in [2.24, 2.45) is 0 Å². The first-order valence-corrected chi connectivity index (χ1v) is 9.27. The molecular weight excluding hydrogens is 314 g/mol. The Morgan fingerprint density at radius 3 is 2.42 bits per heavy atom. The highest BCUT2D eigenvalue weighted by atomic mass is 15.0. The van der Waals surface area contributed by atoms with E-state index in [9.17, 15) is 0 Å². The minimum Gasteiger partial charge on any atom is -0.310 e. The summed E-state index contributed by atoms with van der Waals surface area (Å²) in [5.74, 6) is 0. The average Bonchev–Trinajstić information content (AvgIpc) is 3.03. The number of aromatic nitrogens is 1. The smallest absolute Gasteiger partial charge is 0.0543 e. The van der Waals surface area contributed by atoms with E-state index in [0.29, 0.717) is 0 Å². The van der Waals surface area contributed by atoms with Crippen LogP contribution in [0.4, 0.5) is 0 Å². The molecule has 3 aromatic carbocycles. The van der Waals surface area contributed by atoms with E-state index >= 15 is 0 Å². The SMILES string of the molecule is Cc1ccc(-n2c3c(c4ccc(-c5ccccc5)cc42)CCC=C3)cc1. The van der Waals surface area contributed by atoms with Crippen molar-refractivity contribution in [2.45, 2.75) is 19.8 Å². The lowest BCUT2D eigenvalue weighted by Gasteiger charge is -2.12. The molecule has 1 nitrogen and oxygen atoms in total. The van der Waals surface area contributed by atoms with E-state index in [-0.39, 0.29) is 0 Å². The van der Waals surface area contributed by atoms with E-state index in [1.807, 2.05) is 0 Å². The third-order valence-electron chi connectivity index (χ3n) is 5.35. The highest BCUT2D eigenvalue weighted by Crippen LogP contribution is 2.36. The van der Waals surface area contributed by atoms with Crippen LogP contribution in [0.5, 0.6) is 0 Å². The standard InChI is InChI=1S/C25H21N/c1-18-11-14-21(15-12-18)26-24-10-6-5-9-22(24)23-16-13-20(17-25(23)26)19-7-3-2-4-8-19/h2-4,6-8,10-17H,5,9H2,1H3. The number of hydrogen-bond donors (Lipinski definition) is 0. The molecule has 0 spiro atoms. The molecule has 0 atom stereocenters. The van der Waals surface area contributed by atoms with Gasteiger partial charge in [0.2, 0.25) is 0 Å². The molecule has 0 bridgehead atoms. The lowest BCUT2D eigenvalue weighted by atomic mass is 9.99. The summed E-state index contributed by atoms with van der Waals surface area (Å²) in [6.45, 7) is 2.14. The number of rotatable bonds is 2. The minimum atomic E-state index is 1.12. The summed E-state index contributed by atoms with van der Waals surface area (Å²) in [6.07, 6.45) is 6.83. The summed E-state index contributed by atoms with van der Waals surface area (Å²) in [6, 6.07) is 26.4. The largest absolute Gasteiger partial charge is 0.310 e. The second-order valence-electron chi connectivity index (χ2n) is 7.07. The van der Waals surface area contributed by atoms with Crippen molar-refractivity contribution in [1.82, 2.24) is 4.57 Å². The summed E-state index contributed by atoms with van der Waals surface area (Å²) >= 11 is 0. The van der Waals surface area contributed by atoms with Crippen LogP contribution in [0.25, 0.3) is 33.8 Å². The van der Waals surface area contributed by atoms with Crippen LogP contribution >= 0.6 is 0 Å². The highest BCUT2D eigenvalue weighted by molar-refractivity contribution is 5.93. The van der Waals surface area contributed by atoms with Crippen LogP contribution in [0.3, 0.4) is 0 Å². The van der Waals surface area contributed by atoms with Gasteiger partial charge in [-0.15, -0.1) is 0 Å². The van der Waals surface area contributed by atoms with Gasteiger partial charge in [0.15, 0.2) is 0 Å². The van der Waals surface area contributed by atoms with Crippen LogP contribution in [0.1, 0.15) is 23.2 Å². The molecule has 0 N–H and O–H groups in total. The number of hydrogen-bond acceptors (Lipinski definition) is 0. The predicted octanol–water partition coefficient (Wildman–Crippen LogP) is 6.57. The van der Waals surface area contributed by atoms with Gasteiger partial charge in [0.25, 0.3) is 0 Å². The second kappa shape index (κ2) is 6.03. The average molecular weight is 335 g/mol. The normalized spacial score (nSPS) is 13.1. The van der Waals surface area contributed by atoms with Crippen LogP contribution in [-0.2, 0) is 6.42 Å². The zero-order valence-electron chi connectivity index (χ0n) is 14.9. The molecule has 0 saturated carbocycles. The first-order valence-electron chi connectivity index (χ1n) is 9.27. The van der Waals surface area contributed by atoms with Crippen molar-refractivity contribution in [2.75, 3.05) is 0 Å². The van der Waals surface area contributed by atoms with E-state index in [0.717, 1.165) is 12.8 Å². The zero-order valence-corrected chi connectivity index (χ0v) is 14.9. The number of benzene rings is 3. The molecule has 0 fully saturated rings. The van der Waals surface area contributed by atoms with E-state index < -0.39 is 0 Å². The van der Waals surface area contributed by atoms with Gasteiger partial charge < -0.3 is 4.57 Å². The lowest BCUT2D eigenvalue weighted by molar-refractivity contribution is 0.967. The van der Waals surface area contributed by atoms with Gasteiger partial charge in [0.05, 0.1) is 5.52 Å². The Morgan fingerprint density at radius 2 is 1.62 bits per heavy atom. The van der Waals surface area contributed by atoms with Gasteiger partial charge in [0.1, 0.15) is 0 Å². The second-order valence-corrected chi connectivity index (χ2v) is 7.07. The van der Waals surface area contributed by atoms with Crippen molar-refractivity contribution in [3.63, 3.8) is 0 Å². The Bertz CT molecular complexity index is 1110. The molecule has 26 heavy (non-hydrogen) atoms. The fourth-order valence-electron chi connectivity index (χ4n) is 4.02. The van der Waals surface area contributed by atoms with Crippen LogP contribution in [0, 0.1) is 6.92 Å². The van der Waals surface area contributed by atoms with Gasteiger partial charge in [0, 0.05) is 16.8 Å². The molecule has 5 rings (SSSR count). The molecule has 0 unspecified atom stereocenters. The summed E-state index contributed by atoms with van der Waals surface area (Å²) in [7, 11) is 0. The van der Waals surface area contributed by atoms with E-state index in [1.54, 1.807) is 0 Å². The van der Waals surface area contributed by atoms with Crippen LogP contribution < -0.4 is 0 Å². The van der Waals surface area contributed by atoms with Crippen LogP contribution in [0.15, 0.2) is 78.9 Å². The lowest BCUT2D eigenvalue weighted by Crippen LogP contribution is -2.00. The van der Waals surface area contributed by atoms with E-state index in [4.69, 9.17) is 0 Å². The van der Waals surface area contributed by atoms with Gasteiger partial charge in [-0.2, -0.15) is 0 Å². The molecule has 1 aliphatic carbocycles. The van der Waals surface area contributed by atoms with Crippen molar-refractivity contribution < 1.29 is 0 Å². The third-order valence-corrected chi connectivity index (χ3v) is 5.35. The predicted molar refractivity (Wildman–Crippen MR) is 111 cm³/mol. The number of aryl methyl sites for hydroxylation is 2. The first kappa shape index (κ1) is 15.2. The fraction of sp³-hybridized carbons (Fsp3) is 0.120. The Balaban J connectivity index is 1.81. The van der Waals surface area contributed by atoms with Gasteiger partial charge in [-0.1, -0.05) is 66.2 Å². The molecule has 0 saturated heterocycles. The summed E-state index contributed by atoms with van der Waals surface area (Å²) in [5.41, 5.74) is 9.16. The van der Waals surface area contributed by atoms with Crippen molar-refractivity contribution in [3.05, 3.63) is 95.7 Å². The van der Waals surface area contributed by atoms with Crippen LogP contribution in [-0.4, -0.2) is 4.57 Å². The monoisotopic (exact) mass is 335 g/mol. The Kier molecular flexibility index (Phi) is 3.53. The minimum absolute atomic E-state index is 1.12. The van der Waals surface area contributed by atoms with Gasteiger partial charge in [-0.3, -0.25) is 0 Å². The molecule has 1 aromatic heterocycles. The molecule has 0 aliphatic heterocycles. The molecule has 0 radical (unpaired) electrons. The Hall–Kier alpha value is -3.06. The number of allylic oxidation sites excluding steroid dienone is 1. The Morgan fingerprint density at radius 1 is 0.808 bits per heavy atom. The van der Waals surface area contributed by atoms with E-state index in [1.165, 1.54) is 44.5 Å². The summed E-state index contributed by atoms with van der Waals surface area (Å²) in [5, 5.41) is 1.38. The van der Waals surface area contributed by atoms with Crippen molar-refractivity contribution in [1.29, 1.82) is 0 Å². The Labute approximate surface area is 154 Å². The molecule has 1 heterocycles.